The minimum absolute atomic E-state index is 0.178. The Bertz CT molecular complexity index is 454. The number of urea groups is 1. The number of aromatic nitrogens is 3. The molecule has 1 fully saturated rings. The molecule has 1 aliphatic rings. The van der Waals surface area contributed by atoms with Gasteiger partial charge in [-0.15, -0.1) is 5.10 Å². The first-order valence-electron chi connectivity index (χ1n) is 6.72. The number of carboxylic acid groups (broad SMARTS) is 1. The number of nitrogens with zero attached hydrogens (tertiary/aromatic N) is 3. The van der Waals surface area contributed by atoms with Crippen molar-refractivity contribution in [2.24, 2.45) is 5.41 Å². The van der Waals surface area contributed by atoms with E-state index in [1.54, 1.807) is 17.1 Å². The van der Waals surface area contributed by atoms with Crippen molar-refractivity contribution in [1.82, 2.24) is 25.6 Å². The zero-order valence-electron chi connectivity index (χ0n) is 11.2. The Morgan fingerprint density at radius 3 is 2.65 bits per heavy atom. The van der Waals surface area contributed by atoms with E-state index in [0.717, 1.165) is 12.8 Å². The third-order valence-corrected chi connectivity index (χ3v) is 3.70. The van der Waals surface area contributed by atoms with Crippen molar-refractivity contribution in [3.05, 3.63) is 12.4 Å². The Balaban J connectivity index is 1.70. The first kappa shape index (κ1) is 14.3. The fraction of sp³-hybridized carbons (Fsp3) is 0.667. The summed E-state index contributed by atoms with van der Waals surface area (Å²) in [5, 5.41) is 22.0. The first-order chi connectivity index (χ1) is 9.62. The van der Waals surface area contributed by atoms with Gasteiger partial charge in [-0.1, -0.05) is 18.1 Å². The standard InChI is InChI=1S/C12H19N5O3/c18-10(19)12(3-1-2-4-12)9-14-11(20)13-5-7-17-8-6-15-16-17/h6,8H,1-5,7,9H2,(H,18,19)(H2,13,14,20). The summed E-state index contributed by atoms with van der Waals surface area (Å²) < 4.78 is 1.61. The lowest BCUT2D eigenvalue weighted by molar-refractivity contribution is -0.148. The highest BCUT2D eigenvalue weighted by Crippen LogP contribution is 2.37. The summed E-state index contributed by atoms with van der Waals surface area (Å²) in [7, 11) is 0. The number of amides is 2. The zero-order chi connectivity index (χ0) is 14.4. The summed E-state index contributed by atoms with van der Waals surface area (Å²) in [5.41, 5.74) is -0.788. The lowest BCUT2D eigenvalue weighted by atomic mass is 9.86. The Kier molecular flexibility index (Phi) is 4.54. The number of aliphatic carboxylic acids is 1. The van der Waals surface area contributed by atoms with Gasteiger partial charge in [-0.05, 0) is 12.8 Å². The van der Waals surface area contributed by atoms with Crippen LogP contribution < -0.4 is 10.6 Å². The van der Waals surface area contributed by atoms with E-state index in [0.29, 0.717) is 25.9 Å². The number of nitrogens with one attached hydrogen (secondary N) is 2. The normalized spacial score (nSPS) is 16.8. The smallest absolute Gasteiger partial charge is 0.314 e. The molecule has 1 aromatic heterocycles. The van der Waals surface area contributed by atoms with Gasteiger partial charge in [-0.25, -0.2) is 4.79 Å². The van der Waals surface area contributed by atoms with Crippen molar-refractivity contribution >= 4 is 12.0 Å². The van der Waals surface area contributed by atoms with Gasteiger partial charge in [0.15, 0.2) is 0 Å². The predicted octanol–water partition coefficient (Wildman–Crippen LogP) is 0.222. The second-order valence-corrected chi connectivity index (χ2v) is 5.07. The number of rotatable bonds is 6. The number of carbonyl (C=O) groups is 2. The molecule has 1 saturated carbocycles. The van der Waals surface area contributed by atoms with Crippen molar-refractivity contribution < 1.29 is 14.7 Å². The van der Waals surface area contributed by atoms with E-state index < -0.39 is 11.4 Å². The average Bonchev–Trinajstić information content (AvgIpc) is 3.08. The predicted molar refractivity (Wildman–Crippen MR) is 70.0 cm³/mol. The summed E-state index contributed by atoms with van der Waals surface area (Å²) in [6.07, 6.45) is 6.33. The molecule has 0 radical (unpaired) electrons. The largest absolute Gasteiger partial charge is 0.481 e. The number of hydrogen-bond donors (Lipinski definition) is 3. The van der Waals surface area contributed by atoms with Gasteiger partial charge in [-0.3, -0.25) is 9.48 Å². The van der Waals surface area contributed by atoms with Crippen molar-refractivity contribution in [3.8, 4) is 0 Å². The molecule has 0 atom stereocenters. The Labute approximate surface area is 116 Å². The van der Waals surface area contributed by atoms with Gasteiger partial charge < -0.3 is 15.7 Å². The van der Waals surface area contributed by atoms with Crippen LogP contribution in [-0.2, 0) is 11.3 Å². The molecule has 2 amide bonds. The molecule has 0 aliphatic heterocycles. The molecular weight excluding hydrogens is 262 g/mol. The van der Waals surface area contributed by atoms with Gasteiger partial charge >= 0.3 is 12.0 Å². The van der Waals surface area contributed by atoms with Crippen molar-refractivity contribution in [2.75, 3.05) is 13.1 Å². The second-order valence-electron chi connectivity index (χ2n) is 5.07. The van der Waals surface area contributed by atoms with Crippen LogP contribution in [0, 0.1) is 5.41 Å². The SMILES string of the molecule is O=C(NCCn1ccnn1)NCC1(C(=O)O)CCCC1. The molecule has 20 heavy (non-hydrogen) atoms. The van der Waals surface area contributed by atoms with Crippen LogP contribution in [-0.4, -0.2) is 45.2 Å². The number of hydrogen-bond acceptors (Lipinski definition) is 4. The maximum atomic E-state index is 11.6. The summed E-state index contributed by atoms with van der Waals surface area (Å²) in [5.74, 6) is -0.821. The molecule has 8 heteroatoms. The average molecular weight is 281 g/mol. The Morgan fingerprint density at radius 1 is 1.30 bits per heavy atom. The van der Waals surface area contributed by atoms with Gasteiger partial charge in [-0.2, -0.15) is 0 Å². The summed E-state index contributed by atoms with van der Waals surface area (Å²) in [6, 6.07) is -0.349. The molecule has 110 valence electrons. The van der Waals surface area contributed by atoms with Crippen molar-refractivity contribution in [2.45, 2.75) is 32.2 Å². The fourth-order valence-corrected chi connectivity index (χ4v) is 2.47. The van der Waals surface area contributed by atoms with E-state index in [4.69, 9.17) is 0 Å². The second kappa shape index (κ2) is 6.36. The van der Waals surface area contributed by atoms with Crippen LogP contribution in [0.4, 0.5) is 4.79 Å². The van der Waals surface area contributed by atoms with Crippen LogP contribution in [0.1, 0.15) is 25.7 Å². The van der Waals surface area contributed by atoms with Crippen LogP contribution in [0.5, 0.6) is 0 Å². The summed E-state index contributed by atoms with van der Waals surface area (Å²) >= 11 is 0. The van der Waals surface area contributed by atoms with E-state index in [1.807, 2.05) is 0 Å². The lowest BCUT2D eigenvalue weighted by Crippen LogP contribution is -2.45. The molecule has 0 aromatic carbocycles. The van der Waals surface area contributed by atoms with E-state index in [-0.39, 0.29) is 12.6 Å². The quantitative estimate of drug-likeness (QED) is 0.691. The van der Waals surface area contributed by atoms with Gasteiger partial charge in [0.25, 0.3) is 0 Å². The topological polar surface area (TPSA) is 109 Å². The van der Waals surface area contributed by atoms with Crippen molar-refractivity contribution in [3.63, 3.8) is 0 Å². The van der Waals surface area contributed by atoms with E-state index in [2.05, 4.69) is 20.9 Å². The van der Waals surface area contributed by atoms with Gasteiger partial charge in [0.1, 0.15) is 0 Å². The molecule has 0 bridgehead atoms. The third-order valence-electron chi connectivity index (χ3n) is 3.70. The molecule has 1 aromatic rings. The molecule has 1 heterocycles. The van der Waals surface area contributed by atoms with Crippen LogP contribution in [0.25, 0.3) is 0 Å². The number of carboxylic acids is 1. The zero-order valence-corrected chi connectivity index (χ0v) is 11.2. The molecule has 2 rings (SSSR count). The third kappa shape index (κ3) is 3.46. The maximum absolute atomic E-state index is 11.6. The van der Waals surface area contributed by atoms with Crippen LogP contribution in [0.3, 0.4) is 0 Å². The lowest BCUT2D eigenvalue weighted by Gasteiger charge is -2.24. The first-order valence-corrected chi connectivity index (χ1v) is 6.72. The summed E-state index contributed by atoms with van der Waals surface area (Å²) in [6.45, 7) is 1.12. The highest BCUT2D eigenvalue weighted by atomic mass is 16.4. The monoisotopic (exact) mass is 281 g/mol. The minimum Gasteiger partial charge on any atom is -0.481 e. The van der Waals surface area contributed by atoms with Gasteiger partial charge in [0.05, 0.1) is 18.2 Å². The molecule has 3 N–H and O–H groups in total. The maximum Gasteiger partial charge on any atom is 0.314 e. The summed E-state index contributed by atoms with van der Waals surface area (Å²) in [4.78, 5) is 22.9. The van der Waals surface area contributed by atoms with Crippen LogP contribution in [0.15, 0.2) is 12.4 Å². The minimum atomic E-state index is -0.821. The van der Waals surface area contributed by atoms with E-state index in [9.17, 15) is 14.7 Å². The highest BCUT2D eigenvalue weighted by molar-refractivity contribution is 5.78. The number of carbonyl (C=O) groups excluding carboxylic acids is 1. The van der Waals surface area contributed by atoms with Gasteiger partial charge in [0, 0.05) is 19.3 Å². The fourth-order valence-electron chi connectivity index (χ4n) is 2.47. The molecule has 8 nitrogen and oxygen atoms in total. The molecule has 0 unspecified atom stereocenters. The van der Waals surface area contributed by atoms with E-state index in [1.165, 1.54) is 0 Å². The molecule has 0 saturated heterocycles. The van der Waals surface area contributed by atoms with Crippen LogP contribution >= 0.6 is 0 Å². The van der Waals surface area contributed by atoms with Gasteiger partial charge in [0.2, 0.25) is 0 Å². The molecule has 1 aliphatic carbocycles. The van der Waals surface area contributed by atoms with Crippen LogP contribution in [0.2, 0.25) is 0 Å². The van der Waals surface area contributed by atoms with Crippen molar-refractivity contribution in [1.29, 1.82) is 0 Å². The highest BCUT2D eigenvalue weighted by Gasteiger charge is 2.41. The molecular formula is C12H19N5O3. The Morgan fingerprint density at radius 2 is 2.05 bits per heavy atom. The molecule has 0 spiro atoms. The van der Waals surface area contributed by atoms with E-state index >= 15 is 0 Å². The Hall–Kier alpha value is -2.12.